The summed E-state index contributed by atoms with van der Waals surface area (Å²) in [6.07, 6.45) is 4.83. The molecule has 1 spiro atoms. The fourth-order valence-electron chi connectivity index (χ4n) is 4.27. The molecule has 1 aromatic carbocycles. The number of carbonyl (C=O) groups is 1. The third-order valence-electron chi connectivity index (χ3n) is 6.32. The van der Waals surface area contributed by atoms with E-state index in [-0.39, 0.29) is 11.4 Å². The molecule has 2 fully saturated rings. The van der Waals surface area contributed by atoms with Gasteiger partial charge in [0.05, 0.1) is 19.6 Å². The highest BCUT2D eigenvalue weighted by molar-refractivity contribution is 5.78. The van der Waals surface area contributed by atoms with Gasteiger partial charge in [-0.05, 0) is 43.9 Å². The number of nitrogens with one attached hydrogen (secondary N) is 1. The Balaban J connectivity index is 1.57. The largest absolute Gasteiger partial charge is 0.354 e. The smallest absolute Gasteiger partial charge is 0.224 e. The lowest BCUT2D eigenvalue weighted by Crippen LogP contribution is -2.59. The van der Waals surface area contributed by atoms with Crippen LogP contribution < -0.4 is 5.32 Å². The molecule has 1 saturated carbocycles. The first kappa shape index (κ1) is 21.6. The molecule has 158 valence electrons. The average molecular weight is 402 g/mol. The van der Waals surface area contributed by atoms with Crippen molar-refractivity contribution >= 4 is 11.6 Å². The molecular formula is C21H31N5O3. The van der Waals surface area contributed by atoms with Crippen molar-refractivity contribution in [2.45, 2.75) is 56.8 Å². The Morgan fingerprint density at radius 1 is 1.21 bits per heavy atom. The quantitative estimate of drug-likeness (QED) is 0.428. The fraction of sp³-hybridized carbons (Fsp3) is 0.667. The van der Waals surface area contributed by atoms with E-state index in [0.29, 0.717) is 18.7 Å². The average Bonchev–Trinajstić information content (AvgIpc) is 2.75. The maximum absolute atomic E-state index is 12.6. The SMILES string of the molecule is CCN(C)C1(CNC(=O)Cc2ccc(N=[N+]=[N-])cc2)CCC2(CC1)OCCCO2. The number of rotatable bonds is 7. The van der Waals surface area contributed by atoms with Gasteiger partial charge in [0, 0.05) is 35.5 Å². The molecule has 2 aliphatic rings. The van der Waals surface area contributed by atoms with E-state index in [4.69, 9.17) is 15.0 Å². The minimum Gasteiger partial charge on any atom is -0.354 e. The van der Waals surface area contributed by atoms with E-state index >= 15 is 0 Å². The molecule has 3 rings (SSSR count). The lowest BCUT2D eigenvalue weighted by Gasteiger charge is -2.51. The number of carbonyl (C=O) groups excluding carboxylic acids is 1. The number of nitrogens with zero attached hydrogens (tertiary/aromatic N) is 4. The monoisotopic (exact) mass is 401 g/mol. The van der Waals surface area contributed by atoms with Crippen LogP contribution in [0.5, 0.6) is 0 Å². The Hall–Kier alpha value is -2.12. The number of likely N-dealkylation sites (N-methyl/N-ethyl adjacent to an activating group) is 1. The van der Waals surface area contributed by atoms with Crippen molar-refractivity contribution in [3.63, 3.8) is 0 Å². The van der Waals surface area contributed by atoms with Gasteiger partial charge in [0.25, 0.3) is 0 Å². The molecule has 1 heterocycles. The summed E-state index contributed by atoms with van der Waals surface area (Å²) in [6.45, 7) is 5.22. The normalized spacial score (nSPS) is 20.2. The standard InChI is InChI=1S/C21H31N5O3/c1-3-26(2)20(9-11-21(12-10-20)28-13-4-14-29-21)16-23-19(27)15-17-5-7-18(8-6-17)24-25-22/h5-8H,3-4,9-16H2,1-2H3,(H,23,27). The van der Waals surface area contributed by atoms with Crippen LogP contribution in [-0.2, 0) is 20.7 Å². The van der Waals surface area contributed by atoms with Crippen LogP contribution in [0.3, 0.4) is 0 Å². The van der Waals surface area contributed by atoms with Crippen LogP contribution in [0.15, 0.2) is 29.4 Å². The van der Waals surface area contributed by atoms with Crippen LogP contribution in [0.25, 0.3) is 10.4 Å². The van der Waals surface area contributed by atoms with E-state index in [1.807, 2.05) is 12.1 Å². The van der Waals surface area contributed by atoms with Crippen molar-refractivity contribution in [1.29, 1.82) is 0 Å². The zero-order chi connectivity index (χ0) is 20.7. The minimum atomic E-state index is -0.423. The summed E-state index contributed by atoms with van der Waals surface area (Å²) >= 11 is 0. The molecule has 8 heteroatoms. The molecule has 1 aliphatic carbocycles. The first-order chi connectivity index (χ1) is 14.0. The second-order valence-corrected chi connectivity index (χ2v) is 8.01. The predicted octanol–water partition coefficient (Wildman–Crippen LogP) is 3.68. The topological polar surface area (TPSA) is 99.6 Å². The molecule has 0 aromatic heterocycles. The Bertz CT molecular complexity index is 729. The number of azide groups is 1. The van der Waals surface area contributed by atoms with Crippen molar-refractivity contribution in [1.82, 2.24) is 10.2 Å². The Morgan fingerprint density at radius 3 is 2.45 bits per heavy atom. The number of hydrogen-bond acceptors (Lipinski definition) is 5. The van der Waals surface area contributed by atoms with Gasteiger partial charge >= 0.3 is 0 Å². The van der Waals surface area contributed by atoms with E-state index in [1.165, 1.54) is 0 Å². The van der Waals surface area contributed by atoms with Gasteiger partial charge in [-0.15, -0.1) is 0 Å². The number of hydrogen-bond donors (Lipinski definition) is 1. The van der Waals surface area contributed by atoms with Crippen molar-refractivity contribution < 1.29 is 14.3 Å². The molecule has 8 nitrogen and oxygen atoms in total. The van der Waals surface area contributed by atoms with Crippen molar-refractivity contribution in [2.75, 3.05) is 33.4 Å². The molecule has 1 saturated heterocycles. The van der Waals surface area contributed by atoms with Gasteiger partial charge in [0.15, 0.2) is 5.79 Å². The lowest BCUT2D eigenvalue weighted by atomic mass is 9.77. The molecule has 1 aromatic rings. The van der Waals surface area contributed by atoms with E-state index in [1.54, 1.807) is 12.1 Å². The molecule has 0 unspecified atom stereocenters. The molecule has 1 aliphatic heterocycles. The third-order valence-corrected chi connectivity index (χ3v) is 6.32. The molecule has 0 atom stereocenters. The Kier molecular flexibility index (Phi) is 7.14. The maximum Gasteiger partial charge on any atom is 0.224 e. The first-order valence-electron chi connectivity index (χ1n) is 10.4. The molecular weight excluding hydrogens is 370 g/mol. The van der Waals surface area contributed by atoms with Crippen molar-refractivity contribution in [3.8, 4) is 0 Å². The summed E-state index contributed by atoms with van der Waals surface area (Å²) in [4.78, 5) is 17.7. The Labute approximate surface area is 172 Å². The zero-order valence-corrected chi connectivity index (χ0v) is 17.4. The molecule has 29 heavy (non-hydrogen) atoms. The molecule has 0 bridgehead atoms. The third kappa shape index (κ3) is 5.28. The lowest BCUT2D eigenvalue weighted by molar-refractivity contribution is -0.287. The highest BCUT2D eigenvalue weighted by Crippen LogP contribution is 2.41. The number of ether oxygens (including phenoxy) is 2. The van der Waals surface area contributed by atoms with Gasteiger partial charge in [0.2, 0.25) is 5.91 Å². The fourth-order valence-corrected chi connectivity index (χ4v) is 4.27. The second kappa shape index (κ2) is 9.59. The van der Waals surface area contributed by atoms with Crippen molar-refractivity contribution in [3.05, 3.63) is 40.3 Å². The summed E-state index contributed by atoms with van der Waals surface area (Å²) in [7, 11) is 2.13. The minimum absolute atomic E-state index is 0.00383. The van der Waals surface area contributed by atoms with Crippen LogP contribution in [0.4, 0.5) is 5.69 Å². The van der Waals surface area contributed by atoms with Gasteiger partial charge in [-0.25, -0.2) is 0 Å². The van der Waals surface area contributed by atoms with Gasteiger partial charge < -0.3 is 14.8 Å². The van der Waals surface area contributed by atoms with E-state index in [2.05, 4.69) is 34.2 Å². The zero-order valence-electron chi connectivity index (χ0n) is 17.4. The number of amides is 1. The summed E-state index contributed by atoms with van der Waals surface area (Å²) in [6, 6.07) is 7.08. The summed E-state index contributed by atoms with van der Waals surface area (Å²) in [5.41, 5.74) is 9.83. The second-order valence-electron chi connectivity index (χ2n) is 8.01. The highest BCUT2D eigenvalue weighted by atomic mass is 16.7. The summed E-state index contributed by atoms with van der Waals surface area (Å²) in [5.74, 6) is -0.426. The van der Waals surface area contributed by atoms with Crippen LogP contribution in [0, 0.1) is 0 Å². The van der Waals surface area contributed by atoms with Gasteiger partial charge in [-0.1, -0.05) is 36.3 Å². The molecule has 1 N–H and O–H groups in total. The van der Waals surface area contributed by atoms with Gasteiger partial charge in [-0.2, -0.15) is 0 Å². The van der Waals surface area contributed by atoms with Crippen LogP contribution >= 0.6 is 0 Å². The first-order valence-corrected chi connectivity index (χ1v) is 10.4. The number of benzene rings is 1. The Morgan fingerprint density at radius 2 is 1.86 bits per heavy atom. The van der Waals surface area contributed by atoms with Crippen LogP contribution in [0.2, 0.25) is 0 Å². The van der Waals surface area contributed by atoms with E-state index < -0.39 is 5.79 Å². The maximum atomic E-state index is 12.6. The summed E-state index contributed by atoms with van der Waals surface area (Å²) < 4.78 is 12.0. The van der Waals surface area contributed by atoms with Crippen LogP contribution in [-0.4, -0.2) is 55.5 Å². The van der Waals surface area contributed by atoms with E-state index in [9.17, 15) is 4.79 Å². The van der Waals surface area contributed by atoms with Gasteiger partial charge in [-0.3, -0.25) is 9.69 Å². The van der Waals surface area contributed by atoms with Crippen molar-refractivity contribution in [2.24, 2.45) is 5.11 Å². The molecule has 1 amide bonds. The highest BCUT2D eigenvalue weighted by Gasteiger charge is 2.46. The van der Waals surface area contributed by atoms with E-state index in [0.717, 1.165) is 57.4 Å². The van der Waals surface area contributed by atoms with Gasteiger partial charge in [0.1, 0.15) is 0 Å². The van der Waals surface area contributed by atoms with Crippen LogP contribution in [0.1, 0.15) is 44.6 Å². The summed E-state index contributed by atoms with van der Waals surface area (Å²) in [5, 5.41) is 6.70. The predicted molar refractivity (Wildman–Crippen MR) is 111 cm³/mol. The molecule has 0 radical (unpaired) electrons.